The maximum absolute atomic E-state index is 14.2. The van der Waals surface area contributed by atoms with E-state index in [-0.39, 0.29) is 47.5 Å². The number of oxazole rings is 1. The summed E-state index contributed by atoms with van der Waals surface area (Å²) in [5, 5.41) is 19.3. The van der Waals surface area contributed by atoms with E-state index in [1.165, 1.54) is 17.8 Å². The van der Waals surface area contributed by atoms with Crippen LogP contribution in [0.15, 0.2) is 58.0 Å². The normalized spacial score (nSPS) is 10.6. The molecule has 4 rings (SSSR count). The Morgan fingerprint density at radius 3 is 2.64 bits per heavy atom. The number of ether oxygens (including phenoxy) is 1. The van der Waals surface area contributed by atoms with Crippen LogP contribution in [0.25, 0.3) is 27.4 Å². The van der Waals surface area contributed by atoms with Gasteiger partial charge in [0.05, 0.1) is 30.0 Å². The highest BCUT2D eigenvalue weighted by Gasteiger charge is 2.22. The van der Waals surface area contributed by atoms with Gasteiger partial charge in [-0.05, 0) is 36.8 Å². The van der Waals surface area contributed by atoms with Crippen LogP contribution in [0.4, 0.5) is 15.9 Å². The first-order valence-corrected chi connectivity index (χ1v) is 11.7. The third kappa shape index (κ3) is 5.01. The van der Waals surface area contributed by atoms with Gasteiger partial charge in [0.2, 0.25) is 11.6 Å². The van der Waals surface area contributed by atoms with Crippen molar-refractivity contribution in [3.8, 4) is 34.4 Å². The van der Waals surface area contributed by atoms with E-state index in [1.807, 2.05) is 0 Å². The van der Waals surface area contributed by atoms with E-state index in [0.717, 1.165) is 0 Å². The highest BCUT2D eigenvalue weighted by Crippen LogP contribution is 2.42. The molecule has 3 N–H and O–H groups in total. The Bertz CT molecular complexity index is 1490. The quantitative estimate of drug-likeness (QED) is 0.239. The number of nitrogens with zero attached hydrogens (tertiary/aromatic N) is 4. The number of aliphatic hydroxyl groups is 1. The summed E-state index contributed by atoms with van der Waals surface area (Å²) in [6.45, 7) is 9.37. The van der Waals surface area contributed by atoms with Crippen molar-refractivity contribution in [2.24, 2.45) is 0 Å². The van der Waals surface area contributed by atoms with Crippen molar-refractivity contribution in [2.45, 2.75) is 17.7 Å². The van der Waals surface area contributed by atoms with Gasteiger partial charge in [-0.1, -0.05) is 36.0 Å². The maximum atomic E-state index is 14.2. The number of pyridine rings is 1. The number of aromatic nitrogens is 2. The minimum absolute atomic E-state index is 0.00558. The molecule has 0 saturated heterocycles. The molecule has 0 saturated carbocycles. The molecule has 0 atom stereocenters. The van der Waals surface area contributed by atoms with Gasteiger partial charge in [0, 0.05) is 11.3 Å². The summed E-state index contributed by atoms with van der Waals surface area (Å²) in [6, 6.07) is 15.2. The van der Waals surface area contributed by atoms with Gasteiger partial charge >= 0.3 is 0 Å². The van der Waals surface area contributed by atoms with Crippen molar-refractivity contribution in [3.05, 3.63) is 82.8 Å². The minimum Gasteiger partial charge on any atom is -0.491 e. The Morgan fingerprint density at radius 2 is 1.97 bits per heavy atom. The van der Waals surface area contributed by atoms with Crippen LogP contribution >= 0.6 is 11.8 Å². The molecule has 180 valence electrons. The molecule has 2 heterocycles. The Hall–Kier alpha value is -4.38. The van der Waals surface area contributed by atoms with Gasteiger partial charge in [0.25, 0.3) is 0 Å². The highest BCUT2D eigenvalue weighted by molar-refractivity contribution is 7.98. The van der Waals surface area contributed by atoms with Gasteiger partial charge in [0.15, 0.2) is 0 Å². The summed E-state index contributed by atoms with van der Waals surface area (Å²) in [5.41, 5.74) is 8.21. The number of aliphatic hydroxyl groups excluding tert-OH is 1. The molecule has 0 aliphatic rings. The smallest absolute Gasteiger partial charge is 0.236 e. The van der Waals surface area contributed by atoms with Crippen molar-refractivity contribution >= 4 is 23.3 Å². The predicted molar refractivity (Wildman–Crippen MR) is 134 cm³/mol. The fourth-order valence-corrected chi connectivity index (χ4v) is 4.50. The van der Waals surface area contributed by atoms with Crippen LogP contribution in [0.5, 0.6) is 5.75 Å². The molecule has 0 radical (unpaired) electrons. The third-order valence-electron chi connectivity index (χ3n) is 5.23. The standard InChI is InChI=1S/C26H20FN5O3S/c1-15-21(31-25(35-15)18-5-3-4-6-20(18)27)14-36-26-19(13-28)22(23(30-2)24(29)32-26)16-7-9-17(10-8-16)34-12-11-33/h3-10,33H,11-12,14H2,1H3,(H2,29,32). The summed E-state index contributed by atoms with van der Waals surface area (Å²) < 4.78 is 25.2. The number of hydrogen-bond acceptors (Lipinski definition) is 8. The Kier molecular flexibility index (Phi) is 7.50. The fraction of sp³-hybridized carbons (Fsp3) is 0.154. The molecule has 36 heavy (non-hydrogen) atoms. The monoisotopic (exact) mass is 501 g/mol. The van der Waals surface area contributed by atoms with Crippen LogP contribution in [0, 0.1) is 30.6 Å². The van der Waals surface area contributed by atoms with Crippen molar-refractivity contribution in [1.82, 2.24) is 9.97 Å². The van der Waals surface area contributed by atoms with E-state index in [9.17, 15) is 9.65 Å². The molecule has 10 heteroatoms. The number of benzene rings is 2. The molecule has 0 spiro atoms. The summed E-state index contributed by atoms with van der Waals surface area (Å²) in [5.74, 6) is 1.08. The number of rotatable bonds is 8. The maximum Gasteiger partial charge on any atom is 0.236 e. The summed E-state index contributed by atoms with van der Waals surface area (Å²) in [7, 11) is 0. The molecule has 2 aromatic heterocycles. The molecular formula is C26H20FN5O3S. The lowest BCUT2D eigenvalue weighted by molar-refractivity contribution is 0.201. The number of halogens is 1. The van der Waals surface area contributed by atoms with Crippen LogP contribution in [0.2, 0.25) is 0 Å². The van der Waals surface area contributed by atoms with Crippen molar-refractivity contribution in [2.75, 3.05) is 18.9 Å². The number of aryl methyl sites for hydroxylation is 1. The lowest BCUT2D eigenvalue weighted by Crippen LogP contribution is -2.02. The Labute approximate surface area is 211 Å². The number of nitrogen functional groups attached to an aromatic ring is 1. The first-order chi connectivity index (χ1) is 17.5. The molecule has 0 aliphatic carbocycles. The molecule has 2 aromatic carbocycles. The first-order valence-electron chi connectivity index (χ1n) is 10.8. The Morgan fingerprint density at radius 1 is 1.22 bits per heavy atom. The highest BCUT2D eigenvalue weighted by atomic mass is 32.2. The van der Waals surface area contributed by atoms with E-state index in [4.69, 9.17) is 26.6 Å². The van der Waals surface area contributed by atoms with Gasteiger partial charge in [-0.3, -0.25) is 0 Å². The fourth-order valence-electron chi connectivity index (χ4n) is 3.50. The summed E-state index contributed by atoms with van der Waals surface area (Å²) in [4.78, 5) is 12.3. The zero-order valence-corrected chi connectivity index (χ0v) is 20.0. The van der Waals surface area contributed by atoms with Crippen molar-refractivity contribution < 1.29 is 18.7 Å². The second-order valence-electron chi connectivity index (χ2n) is 7.51. The van der Waals surface area contributed by atoms with Gasteiger partial charge < -0.3 is 20.0 Å². The predicted octanol–water partition coefficient (Wildman–Crippen LogP) is 5.52. The largest absolute Gasteiger partial charge is 0.491 e. The average molecular weight is 502 g/mol. The lowest BCUT2D eigenvalue weighted by atomic mass is 10.00. The zero-order valence-electron chi connectivity index (χ0n) is 19.2. The lowest BCUT2D eigenvalue weighted by Gasteiger charge is -2.13. The second kappa shape index (κ2) is 10.9. The van der Waals surface area contributed by atoms with Crippen LogP contribution in [-0.2, 0) is 5.75 Å². The summed E-state index contributed by atoms with van der Waals surface area (Å²) in [6.07, 6.45) is 0. The number of thioether (sulfide) groups is 1. The van der Waals surface area contributed by atoms with Crippen molar-refractivity contribution in [3.63, 3.8) is 0 Å². The van der Waals surface area contributed by atoms with Crippen LogP contribution < -0.4 is 10.5 Å². The van der Waals surface area contributed by atoms with E-state index in [0.29, 0.717) is 33.4 Å². The number of hydrogen-bond donors (Lipinski definition) is 2. The van der Waals surface area contributed by atoms with Gasteiger partial charge in [-0.25, -0.2) is 19.2 Å². The molecule has 8 nitrogen and oxygen atoms in total. The SMILES string of the molecule is [C-]#[N+]c1c(N)nc(SCc2nc(-c3ccccc3F)oc2C)c(C#N)c1-c1ccc(OCCO)cc1. The van der Waals surface area contributed by atoms with E-state index in [1.54, 1.807) is 49.4 Å². The molecule has 0 unspecified atom stereocenters. The average Bonchev–Trinajstić information content (AvgIpc) is 3.26. The van der Waals surface area contributed by atoms with E-state index in [2.05, 4.69) is 20.9 Å². The van der Waals surface area contributed by atoms with Gasteiger partial charge in [-0.2, -0.15) is 5.26 Å². The number of anilines is 1. The molecule has 4 aromatic rings. The number of nitrogens with two attached hydrogens (primary N) is 1. The zero-order chi connectivity index (χ0) is 25.7. The van der Waals surface area contributed by atoms with Crippen LogP contribution in [-0.4, -0.2) is 28.3 Å². The topological polar surface area (TPSA) is 123 Å². The second-order valence-corrected chi connectivity index (χ2v) is 8.48. The van der Waals surface area contributed by atoms with Crippen LogP contribution in [0.3, 0.4) is 0 Å². The van der Waals surface area contributed by atoms with Gasteiger partial charge in [-0.15, -0.1) is 0 Å². The van der Waals surface area contributed by atoms with Gasteiger partial charge in [0.1, 0.15) is 40.8 Å². The Balaban J connectivity index is 1.67. The van der Waals surface area contributed by atoms with Crippen molar-refractivity contribution in [1.29, 1.82) is 5.26 Å². The third-order valence-corrected chi connectivity index (χ3v) is 6.22. The minimum atomic E-state index is -0.439. The summed E-state index contributed by atoms with van der Waals surface area (Å²) >= 11 is 1.22. The molecule has 0 bridgehead atoms. The molecule has 0 amide bonds. The van der Waals surface area contributed by atoms with Crippen LogP contribution in [0.1, 0.15) is 17.0 Å². The molecule has 0 fully saturated rings. The molecule has 0 aliphatic heterocycles. The van der Waals surface area contributed by atoms with E-state index >= 15 is 0 Å². The number of nitriles is 1. The first kappa shape index (κ1) is 24.7. The van der Waals surface area contributed by atoms with E-state index < -0.39 is 5.82 Å². The molecular weight excluding hydrogens is 481 g/mol.